The van der Waals surface area contributed by atoms with Crippen LogP contribution in [0, 0.1) is 5.82 Å². The fraction of sp³-hybridized carbons (Fsp3) is 0.333. The summed E-state index contributed by atoms with van der Waals surface area (Å²) in [4.78, 5) is 0. The second-order valence-electron chi connectivity index (χ2n) is 4.05. The highest BCUT2D eigenvalue weighted by Gasteiger charge is 2.09. The zero-order valence-corrected chi connectivity index (χ0v) is 10.8. The molecule has 1 N–H and O–H groups in total. The Morgan fingerprint density at radius 3 is 2.81 bits per heavy atom. The highest BCUT2D eigenvalue weighted by Crippen LogP contribution is 2.26. The van der Waals surface area contributed by atoms with Crippen molar-refractivity contribution in [1.29, 1.82) is 0 Å². The largest absolute Gasteiger partial charge is 0.457 e. The standard InChI is InChI=1S/C12H13BrFNO/c1-7(2)15-6-10-4-8-3-9(13)5-11(14)12(8)16-10/h3-5,7,15H,6H2,1-2H3. The van der Waals surface area contributed by atoms with Gasteiger partial charge in [0.25, 0.3) is 0 Å². The van der Waals surface area contributed by atoms with E-state index < -0.39 is 0 Å². The van der Waals surface area contributed by atoms with E-state index in [4.69, 9.17) is 4.42 Å². The van der Waals surface area contributed by atoms with Crippen LogP contribution in [0.5, 0.6) is 0 Å². The summed E-state index contributed by atoms with van der Waals surface area (Å²) in [5.41, 5.74) is 0.323. The van der Waals surface area contributed by atoms with Gasteiger partial charge >= 0.3 is 0 Å². The zero-order valence-electron chi connectivity index (χ0n) is 9.18. The molecule has 0 amide bonds. The normalized spacial score (nSPS) is 11.6. The van der Waals surface area contributed by atoms with Crippen molar-refractivity contribution in [3.8, 4) is 0 Å². The highest BCUT2D eigenvalue weighted by atomic mass is 79.9. The van der Waals surface area contributed by atoms with Crippen molar-refractivity contribution in [2.45, 2.75) is 26.4 Å². The average Bonchev–Trinajstić information content (AvgIpc) is 2.57. The number of hydrogen-bond acceptors (Lipinski definition) is 2. The minimum absolute atomic E-state index is 0.323. The van der Waals surface area contributed by atoms with Crippen LogP contribution in [0.4, 0.5) is 4.39 Å². The van der Waals surface area contributed by atoms with Gasteiger partial charge in [0.1, 0.15) is 5.76 Å². The molecular formula is C12H13BrFNO. The van der Waals surface area contributed by atoms with E-state index in [-0.39, 0.29) is 5.82 Å². The molecule has 0 bridgehead atoms. The van der Waals surface area contributed by atoms with Crippen molar-refractivity contribution in [3.63, 3.8) is 0 Å². The van der Waals surface area contributed by atoms with Crippen molar-refractivity contribution in [2.24, 2.45) is 0 Å². The Labute approximate surface area is 102 Å². The maximum absolute atomic E-state index is 13.5. The van der Waals surface area contributed by atoms with Crippen LogP contribution in [0.3, 0.4) is 0 Å². The average molecular weight is 286 g/mol. The van der Waals surface area contributed by atoms with Crippen LogP contribution < -0.4 is 5.32 Å². The molecule has 0 saturated carbocycles. The molecule has 1 aromatic carbocycles. The summed E-state index contributed by atoms with van der Waals surface area (Å²) in [6.45, 7) is 4.73. The van der Waals surface area contributed by atoms with Gasteiger partial charge in [0.15, 0.2) is 11.4 Å². The van der Waals surface area contributed by atoms with Crippen molar-refractivity contribution in [2.75, 3.05) is 0 Å². The first-order valence-electron chi connectivity index (χ1n) is 5.17. The van der Waals surface area contributed by atoms with Crippen LogP contribution in [0.2, 0.25) is 0 Å². The van der Waals surface area contributed by atoms with Gasteiger partial charge in [-0.2, -0.15) is 0 Å². The van der Waals surface area contributed by atoms with Gasteiger partial charge in [-0.05, 0) is 18.2 Å². The number of rotatable bonds is 3. The van der Waals surface area contributed by atoms with E-state index in [0.717, 1.165) is 15.6 Å². The number of furan rings is 1. The number of fused-ring (bicyclic) bond motifs is 1. The summed E-state index contributed by atoms with van der Waals surface area (Å²) in [6.07, 6.45) is 0. The van der Waals surface area contributed by atoms with Gasteiger partial charge in [-0.25, -0.2) is 4.39 Å². The molecule has 0 saturated heterocycles. The van der Waals surface area contributed by atoms with Gasteiger partial charge in [0.2, 0.25) is 0 Å². The maximum atomic E-state index is 13.5. The molecule has 86 valence electrons. The Bertz CT molecular complexity index is 507. The molecule has 2 nitrogen and oxygen atoms in total. The molecular weight excluding hydrogens is 273 g/mol. The summed E-state index contributed by atoms with van der Waals surface area (Å²) < 4.78 is 19.7. The molecule has 4 heteroatoms. The fourth-order valence-electron chi connectivity index (χ4n) is 1.52. The Balaban J connectivity index is 2.33. The predicted molar refractivity (Wildman–Crippen MR) is 65.8 cm³/mol. The number of halogens is 2. The third-order valence-corrected chi connectivity index (χ3v) is 2.73. The molecule has 1 aromatic heterocycles. The topological polar surface area (TPSA) is 25.2 Å². The summed E-state index contributed by atoms with van der Waals surface area (Å²) >= 11 is 3.26. The van der Waals surface area contributed by atoms with Gasteiger partial charge in [0, 0.05) is 15.9 Å². The SMILES string of the molecule is CC(C)NCc1cc2cc(Br)cc(F)c2o1. The first kappa shape index (κ1) is 11.6. The monoisotopic (exact) mass is 285 g/mol. The van der Waals surface area contributed by atoms with Gasteiger partial charge in [0.05, 0.1) is 6.54 Å². The molecule has 2 rings (SSSR count). The van der Waals surface area contributed by atoms with Gasteiger partial charge in [-0.1, -0.05) is 29.8 Å². The maximum Gasteiger partial charge on any atom is 0.170 e. The molecule has 0 spiro atoms. The van der Waals surface area contributed by atoms with Crippen LogP contribution in [-0.4, -0.2) is 6.04 Å². The van der Waals surface area contributed by atoms with Crippen LogP contribution in [0.25, 0.3) is 11.0 Å². The third-order valence-electron chi connectivity index (χ3n) is 2.27. The van der Waals surface area contributed by atoms with Crippen LogP contribution >= 0.6 is 15.9 Å². The Kier molecular flexibility index (Phi) is 3.30. The van der Waals surface area contributed by atoms with E-state index >= 15 is 0 Å². The number of hydrogen-bond donors (Lipinski definition) is 1. The van der Waals surface area contributed by atoms with E-state index in [2.05, 4.69) is 35.1 Å². The third kappa shape index (κ3) is 2.44. The van der Waals surface area contributed by atoms with E-state index in [9.17, 15) is 4.39 Å². The quantitative estimate of drug-likeness (QED) is 0.927. The second-order valence-corrected chi connectivity index (χ2v) is 4.97. The molecule has 0 aliphatic carbocycles. The first-order chi connectivity index (χ1) is 7.56. The van der Waals surface area contributed by atoms with E-state index in [0.29, 0.717) is 18.2 Å². The summed E-state index contributed by atoms with van der Waals surface area (Å²) in [5.74, 6) is 0.417. The molecule has 0 aliphatic heterocycles. The Hall–Kier alpha value is -0.870. The van der Waals surface area contributed by atoms with E-state index in [1.54, 1.807) is 0 Å². The Morgan fingerprint density at radius 2 is 2.12 bits per heavy atom. The van der Waals surface area contributed by atoms with Crippen LogP contribution in [0.15, 0.2) is 27.1 Å². The molecule has 1 heterocycles. The Morgan fingerprint density at radius 1 is 1.38 bits per heavy atom. The fourth-order valence-corrected chi connectivity index (χ4v) is 1.97. The van der Waals surface area contributed by atoms with Gasteiger partial charge in [-0.3, -0.25) is 0 Å². The van der Waals surface area contributed by atoms with Crippen molar-refractivity contribution < 1.29 is 8.81 Å². The molecule has 2 aromatic rings. The minimum atomic E-state index is -0.333. The van der Waals surface area contributed by atoms with Crippen molar-refractivity contribution >= 4 is 26.9 Å². The summed E-state index contributed by atoms with van der Waals surface area (Å²) in [5, 5.41) is 4.01. The summed E-state index contributed by atoms with van der Waals surface area (Å²) in [6, 6.07) is 5.50. The molecule has 0 aliphatic rings. The van der Waals surface area contributed by atoms with E-state index in [1.807, 2.05) is 12.1 Å². The lowest BCUT2D eigenvalue weighted by atomic mass is 10.2. The molecule has 0 unspecified atom stereocenters. The first-order valence-corrected chi connectivity index (χ1v) is 5.96. The smallest absolute Gasteiger partial charge is 0.170 e. The van der Waals surface area contributed by atoms with Crippen molar-refractivity contribution in [1.82, 2.24) is 5.32 Å². The predicted octanol–water partition coefficient (Wildman–Crippen LogP) is 3.83. The lowest BCUT2D eigenvalue weighted by Crippen LogP contribution is -2.21. The van der Waals surface area contributed by atoms with Gasteiger partial charge in [-0.15, -0.1) is 0 Å². The van der Waals surface area contributed by atoms with Gasteiger partial charge < -0.3 is 9.73 Å². The lowest BCUT2D eigenvalue weighted by Gasteiger charge is -2.04. The summed E-state index contributed by atoms with van der Waals surface area (Å²) in [7, 11) is 0. The lowest BCUT2D eigenvalue weighted by molar-refractivity contribution is 0.476. The van der Waals surface area contributed by atoms with Crippen LogP contribution in [0.1, 0.15) is 19.6 Å². The number of nitrogens with one attached hydrogen (secondary N) is 1. The molecule has 0 atom stereocenters. The van der Waals surface area contributed by atoms with Crippen molar-refractivity contribution in [3.05, 3.63) is 34.2 Å². The molecule has 0 radical (unpaired) electrons. The minimum Gasteiger partial charge on any atom is -0.457 e. The number of benzene rings is 1. The highest BCUT2D eigenvalue weighted by molar-refractivity contribution is 9.10. The molecule has 16 heavy (non-hydrogen) atoms. The molecule has 0 fully saturated rings. The van der Waals surface area contributed by atoms with E-state index in [1.165, 1.54) is 6.07 Å². The second kappa shape index (κ2) is 4.55. The van der Waals surface area contributed by atoms with Crippen LogP contribution in [-0.2, 0) is 6.54 Å². The zero-order chi connectivity index (χ0) is 11.7.